The van der Waals surface area contributed by atoms with Gasteiger partial charge in [-0.1, -0.05) is 23.2 Å². The van der Waals surface area contributed by atoms with E-state index in [9.17, 15) is 5.11 Å². The molecule has 1 N–H and O–H groups in total. The van der Waals surface area contributed by atoms with Crippen LogP contribution >= 0.6 is 23.2 Å². The number of benzene rings is 1. The van der Waals surface area contributed by atoms with Crippen LogP contribution in [-0.4, -0.2) is 17.4 Å². The first-order valence-corrected chi connectivity index (χ1v) is 4.97. The van der Waals surface area contributed by atoms with E-state index in [-0.39, 0.29) is 16.8 Å². The lowest BCUT2D eigenvalue weighted by atomic mass is 10.2. The second kappa shape index (κ2) is 4.67. The van der Waals surface area contributed by atoms with E-state index in [0.717, 1.165) is 0 Å². The van der Waals surface area contributed by atoms with E-state index in [0.29, 0.717) is 10.6 Å². The Morgan fingerprint density at radius 3 is 2.57 bits per heavy atom. The Hall–Kier alpha value is -0.730. The summed E-state index contributed by atoms with van der Waals surface area (Å²) in [6.45, 7) is 3.89. The zero-order valence-electron chi connectivity index (χ0n) is 7.96. The van der Waals surface area contributed by atoms with Gasteiger partial charge in [0.05, 0.1) is 5.02 Å². The van der Waals surface area contributed by atoms with Gasteiger partial charge in [0.1, 0.15) is 5.75 Å². The number of phenols is 1. The van der Waals surface area contributed by atoms with Crippen molar-refractivity contribution in [2.75, 3.05) is 0 Å². The predicted molar refractivity (Wildman–Crippen MR) is 60.9 cm³/mol. The monoisotopic (exact) mass is 231 g/mol. The van der Waals surface area contributed by atoms with Crippen molar-refractivity contribution in [1.29, 1.82) is 0 Å². The Morgan fingerprint density at radius 2 is 2.00 bits per heavy atom. The van der Waals surface area contributed by atoms with Gasteiger partial charge < -0.3 is 5.11 Å². The van der Waals surface area contributed by atoms with Crippen molar-refractivity contribution < 1.29 is 5.11 Å². The third kappa shape index (κ3) is 2.89. The highest BCUT2D eigenvalue weighted by Crippen LogP contribution is 2.29. The average molecular weight is 232 g/mol. The summed E-state index contributed by atoms with van der Waals surface area (Å²) in [7, 11) is 0. The second-order valence-corrected chi connectivity index (χ2v) is 4.04. The topological polar surface area (TPSA) is 32.6 Å². The molecule has 0 heterocycles. The van der Waals surface area contributed by atoms with E-state index in [2.05, 4.69) is 4.99 Å². The lowest BCUT2D eigenvalue weighted by Crippen LogP contribution is -1.91. The van der Waals surface area contributed by atoms with E-state index >= 15 is 0 Å². The molecule has 2 nitrogen and oxygen atoms in total. The number of rotatable bonds is 2. The molecule has 0 spiro atoms. The molecule has 0 aliphatic rings. The van der Waals surface area contributed by atoms with Crippen LogP contribution in [0.1, 0.15) is 19.4 Å². The van der Waals surface area contributed by atoms with Crippen LogP contribution in [0.2, 0.25) is 10.0 Å². The highest BCUT2D eigenvalue weighted by atomic mass is 35.5. The number of aromatic hydroxyl groups is 1. The molecule has 4 heteroatoms. The zero-order chi connectivity index (χ0) is 10.7. The van der Waals surface area contributed by atoms with Crippen LogP contribution < -0.4 is 0 Å². The van der Waals surface area contributed by atoms with Crippen molar-refractivity contribution in [3.63, 3.8) is 0 Å². The predicted octanol–water partition coefficient (Wildman–Crippen LogP) is 3.53. The first-order chi connectivity index (χ1) is 6.50. The molecule has 0 saturated carbocycles. The van der Waals surface area contributed by atoms with Crippen molar-refractivity contribution in [2.24, 2.45) is 4.99 Å². The maximum absolute atomic E-state index is 9.55. The number of aliphatic imine (C=N–C) groups is 1. The Morgan fingerprint density at radius 1 is 1.36 bits per heavy atom. The van der Waals surface area contributed by atoms with Gasteiger partial charge in [-0.3, -0.25) is 4.99 Å². The molecule has 0 amide bonds. The zero-order valence-corrected chi connectivity index (χ0v) is 9.47. The summed E-state index contributed by atoms with van der Waals surface area (Å²) in [5, 5.41) is 10.3. The van der Waals surface area contributed by atoms with Crippen LogP contribution in [0.4, 0.5) is 0 Å². The Bertz CT molecular complexity index is 361. The van der Waals surface area contributed by atoms with E-state index in [1.54, 1.807) is 12.3 Å². The van der Waals surface area contributed by atoms with E-state index in [4.69, 9.17) is 23.2 Å². The maximum Gasteiger partial charge on any atom is 0.143 e. The number of nitrogens with zero attached hydrogens (tertiary/aromatic N) is 1. The summed E-state index contributed by atoms with van der Waals surface area (Å²) in [4.78, 5) is 4.14. The second-order valence-electron chi connectivity index (χ2n) is 3.20. The minimum absolute atomic E-state index is 0.0143. The summed E-state index contributed by atoms with van der Waals surface area (Å²) in [5.41, 5.74) is 0.538. The highest BCUT2D eigenvalue weighted by Gasteiger charge is 2.05. The van der Waals surface area contributed by atoms with Gasteiger partial charge in [-0.15, -0.1) is 0 Å². The minimum atomic E-state index is 0.0143. The summed E-state index contributed by atoms with van der Waals surface area (Å²) in [6.07, 6.45) is 1.57. The Balaban J connectivity index is 3.08. The molecule has 1 aromatic carbocycles. The third-order valence-electron chi connectivity index (χ3n) is 1.57. The van der Waals surface area contributed by atoms with Crippen LogP contribution in [-0.2, 0) is 0 Å². The van der Waals surface area contributed by atoms with Gasteiger partial charge in [-0.25, -0.2) is 0 Å². The normalized spacial score (nSPS) is 11.5. The fourth-order valence-electron chi connectivity index (χ4n) is 0.914. The van der Waals surface area contributed by atoms with Crippen molar-refractivity contribution in [3.05, 3.63) is 27.7 Å². The van der Waals surface area contributed by atoms with E-state index in [1.165, 1.54) is 6.07 Å². The fourth-order valence-corrected chi connectivity index (χ4v) is 1.42. The van der Waals surface area contributed by atoms with Crippen LogP contribution in [0.3, 0.4) is 0 Å². The molecule has 0 unspecified atom stereocenters. The van der Waals surface area contributed by atoms with E-state index in [1.807, 2.05) is 13.8 Å². The van der Waals surface area contributed by atoms with Crippen LogP contribution in [0.25, 0.3) is 0 Å². The molecule has 76 valence electrons. The SMILES string of the molecule is CC(C)N=Cc1cc(Cl)cc(Cl)c1O. The van der Waals surface area contributed by atoms with Crippen LogP contribution in [0.5, 0.6) is 5.75 Å². The van der Waals surface area contributed by atoms with Gasteiger partial charge in [0.2, 0.25) is 0 Å². The summed E-state index contributed by atoms with van der Waals surface area (Å²) in [5.74, 6) is 0.0143. The van der Waals surface area contributed by atoms with Gasteiger partial charge in [-0.05, 0) is 26.0 Å². The average Bonchev–Trinajstić information content (AvgIpc) is 2.08. The van der Waals surface area contributed by atoms with Crippen molar-refractivity contribution in [2.45, 2.75) is 19.9 Å². The number of hydrogen-bond donors (Lipinski definition) is 1. The number of hydrogen-bond acceptors (Lipinski definition) is 2. The standard InChI is InChI=1S/C10H11Cl2NO/c1-6(2)13-5-7-3-8(11)4-9(12)10(7)14/h3-6,14H,1-2H3. The first kappa shape index (κ1) is 11.3. The molecule has 0 atom stereocenters. The van der Waals surface area contributed by atoms with E-state index < -0.39 is 0 Å². The van der Waals surface area contributed by atoms with Crippen molar-refractivity contribution in [3.8, 4) is 5.75 Å². The lowest BCUT2D eigenvalue weighted by Gasteiger charge is -2.02. The molecule has 0 aromatic heterocycles. The van der Waals surface area contributed by atoms with Crippen LogP contribution in [0, 0.1) is 0 Å². The van der Waals surface area contributed by atoms with Crippen molar-refractivity contribution in [1.82, 2.24) is 0 Å². The molecular formula is C10H11Cl2NO. The summed E-state index contributed by atoms with van der Waals surface area (Å²) in [6, 6.07) is 3.28. The largest absolute Gasteiger partial charge is 0.506 e. The third-order valence-corrected chi connectivity index (χ3v) is 2.08. The molecule has 0 radical (unpaired) electrons. The Kier molecular flexibility index (Phi) is 3.78. The smallest absolute Gasteiger partial charge is 0.143 e. The minimum Gasteiger partial charge on any atom is -0.506 e. The van der Waals surface area contributed by atoms with Gasteiger partial charge in [-0.2, -0.15) is 0 Å². The Labute approximate surface area is 93.2 Å². The molecule has 0 bridgehead atoms. The molecule has 0 fully saturated rings. The number of halogens is 2. The summed E-state index contributed by atoms with van der Waals surface area (Å²) < 4.78 is 0. The van der Waals surface area contributed by atoms with Gasteiger partial charge >= 0.3 is 0 Å². The van der Waals surface area contributed by atoms with Crippen molar-refractivity contribution >= 4 is 29.4 Å². The highest BCUT2D eigenvalue weighted by molar-refractivity contribution is 6.36. The molecule has 1 rings (SSSR count). The first-order valence-electron chi connectivity index (χ1n) is 4.22. The van der Waals surface area contributed by atoms with Gasteiger partial charge in [0.25, 0.3) is 0 Å². The number of phenolic OH excluding ortho intramolecular Hbond substituents is 1. The molecular weight excluding hydrogens is 221 g/mol. The molecule has 0 aliphatic carbocycles. The quantitative estimate of drug-likeness (QED) is 0.777. The molecule has 14 heavy (non-hydrogen) atoms. The summed E-state index contributed by atoms with van der Waals surface area (Å²) >= 11 is 11.5. The van der Waals surface area contributed by atoms with Gasteiger partial charge in [0, 0.05) is 22.8 Å². The van der Waals surface area contributed by atoms with Crippen LogP contribution in [0.15, 0.2) is 17.1 Å². The fraction of sp³-hybridized carbons (Fsp3) is 0.300. The van der Waals surface area contributed by atoms with Gasteiger partial charge in [0.15, 0.2) is 0 Å². The lowest BCUT2D eigenvalue weighted by molar-refractivity contribution is 0.474. The maximum atomic E-state index is 9.55. The molecule has 0 aliphatic heterocycles. The molecule has 0 saturated heterocycles. The molecule has 1 aromatic rings.